The highest BCUT2D eigenvalue weighted by Crippen LogP contribution is 2.52. The second-order valence-corrected chi connectivity index (χ2v) is 12.9. The number of hydrogen-bond acceptors (Lipinski definition) is 1. The first-order valence-electron chi connectivity index (χ1n) is 15.4. The van der Waals surface area contributed by atoms with Gasteiger partial charge in [0.15, 0.2) is 0 Å². The molecule has 1 heteroatoms. The fourth-order valence-corrected chi connectivity index (χ4v) is 8.17. The normalized spacial score (nSPS) is 13.9. The summed E-state index contributed by atoms with van der Waals surface area (Å²) in [5, 5.41) is 10.2. The summed E-state index contributed by atoms with van der Waals surface area (Å²) in [6.07, 6.45) is 0. The van der Waals surface area contributed by atoms with Crippen LogP contribution >= 0.6 is 0 Å². The first kappa shape index (κ1) is 24.1. The Bertz CT molecular complexity index is 2620. The average molecular weight is 561 g/mol. The maximum atomic E-state index is 6.81. The van der Waals surface area contributed by atoms with Crippen LogP contribution in [0.2, 0.25) is 0 Å². The van der Waals surface area contributed by atoms with Crippen LogP contribution in [0.5, 0.6) is 0 Å². The number of rotatable bonds is 2. The Balaban J connectivity index is 1.20. The lowest BCUT2D eigenvalue weighted by Crippen LogP contribution is -2.15. The molecule has 1 heterocycles. The highest BCUT2D eigenvalue weighted by atomic mass is 16.3. The smallest absolute Gasteiger partial charge is 0.140 e. The molecule has 1 nitrogen and oxygen atoms in total. The molecular formula is C43H28O. The number of benzene rings is 8. The number of furan rings is 1. The highest BCUT2D eigenvalue weighted by Gasteiger charge is 2.38. The van der Waals surface area contributed by atoms with Gasteiger partial charge in [0.1, 0.15) is 11.2 Å². The van der Waals surface area contributed by atoms with Gasteiger partial charge in [0.05, 0.1) is 0 Å². The van der Waals surface area contributed by atoms with Gasteiger partial charge >= 0.3 is 0 Å². The van der Waals surface area contributed by atoms with Crippen LogP contribution in [0.15, 0.2) is 138 Å². The van der Waals surface area contributed by atoms with Crippen LogP contribution in [0.25, 0.3) is 87.6 Å². The van der Waals surface area contributed by atoms with E-state index < -0.39 is 0 Å². The van der Waals surface area contributed by atoms with Crippen molar-refractivity contribution in [3.63, 3.8) is 0 Å². The highest BCUT2D eigenvalue weighted by molar-refractivity contribution is 6.27. The Labute approximate surface area is 255 Å². The fourth-order valence-electron chi connectivity index (χ4n) is 8.17. The maximum absolute atomic E-state index is 6.81. The molecule has 10 rings (SSSR count). The van der Waals surface area contributed by atoms with Crippen LogP contribution in [0, 0.1) is 0 Å². The molecule has 0 aliphatic heterocycles. The van der Waals surface area contributed by atoms with Gasteiger partial charge in [-0.3, -0.25) is 0 Å². The Morgan fingerprint density at radius 2 is 1.05 bits per heavy atom. The molecule has 1 aliphatic rings. The fraction of sp³-hybridized carbons (Fsp3) is 0.0698. The quantitative estimate of drug-likeness (QED) is 0.192. The van der Waals surface area contributed by atoms with Gasteiger partial charge in [0.25, 0.3) is 0 Å². The Morgan fingerprint density at radius 1 is 0.455 bits per heavy atom. The lowest BCUT2D eigenvalue weighted by atomic mass is 9.82. The zero-order valence-corrected chi connectivity index (χ0v) is 24.6. The summed E-state index contributed by atoms with van der Waals surface area (Å²) >= 11 is 0. The Hall–Kier alpha value is -5.40. The van der Waals surface area contributed by atoms with Crippen molar-refractivity contribution in [1.82, 2.24) is 0 Å². The molecule has 1 aromatic heterocycles. The summed E-state index contributed by atoms with van der Waals surface area (Å²) in [5.41, 5.74) is 12.0. The van der Waals surface area contributed by atoms with Gasteiger partial charge in [0, 0.05) is 21.8 Å². The summed E-state index contributed by atoms with van der Waals surface area (Å²) in [4.78, 5) is 0. The molecule has 0 unspecified atom stereocenters. The van der Waals surface area contributed by atoms with Gasteiger partial charge in [-0.15, -0.1) is 0 Å². The van der Waals surface area contributed by atoms with Crippen LogP contribution < -0.4 is 0 Å². The average Bonchev–Trinajstić information content (AvgIpc) is 3.55. The third-order valence-corrected chi connectivity index (χ3v) is 10.2. The molecule has 0 bridgehead atoms. The molecule has 0 atom stereocenters. The van der Waals surface area contributed by atoms with Crippen molar-refractivity contribution in [2.45, 2.75) is 19.3 Å². The molecule has 0 saturated heterocycles. The van der Waals surface area contributed by atoms with Crippen molar-refractivity contribution in [2.24, 2.45) is 0 Å². The van der Waals surface area contributed by atoms with E-state index in [1.54, 1.807) is 0 Å². The topological polar surface area (TPSA) is 13.1 Å². The third-order valence-electron chi connectivity index (χ3n) is 10.2. The van der Waals surface area contributed by atoms with Crippen LogP contribution in [0.1, 0.15) is 25.0 Å². The van der Waals surface area contributed by atoms with E-state index in [0.29, 0.717) is 0 Å². The zero-order valence-electron chi connectivity index (χ0n) is 24.6. The summed E-state index contributed by atoms with van der Waals surface area (Å²) in [5.74, 6) is 0. The van der Waals surface area contributed by atoms with Crippen molar-refractivity contribution in [2.75, 3.05) is 0 Å². The van der Waals surface area contributed by atoms with Gasteiger partial charge in [-0.05, 0) is 89.5 Å². The Morgan fingerprint density at radius 3 is 1.80 bits per heavy atom. The summed E-state index contributed by atoms with van der Waals surface area (Å²) in [6.45, 7) is 4.65. The molecular weight excluding hydrogens is 532 g/mol. The van der Waals surface area contributed by atoms with E-state index in [-0.39, 0.29) is 5.41 Å². The van der Waals surface area contributed by atoms with Gasteiger partial charge in [-0.2, -0.15) is 0 Å². The first-order chi connectivity index (χ1) is 21.6. The van der Waals surface area contributed by atoms with Gasteiger partial charge in [-0.1, -0.05) is 129 Å². The van der Waals surface area contributed by atoms with Crippen molar-refractivity contribution in [3.05, 3.63) is 145 Å². The predicted octanol–water partition coefficient (Wildman–Crippen LogP) is 12.1. The monoisotopic (exact) mass is 560 g/mol. The van der Waals surface area contributed by atoms with Crippen LogP contribution in [0.4, 0.5) is 0 Å². The summed E-state index contributed by atoms with van der Waals surface area (Å²) in [6, 6.07) is 49.1. The van der Waals surface area contributed by atoms with E-state index in [2.05, 4.69) is 147 Å². The molecule has 0 amide bonds. The van der Waals surface area contributed by atoms with Gasteiger partial charge in [-0.25, -0.2) is 0 Å². The predicted molar refractivity (Wildman–Crippen MR) is 186 cm³/mol. The van der Waals surface area contributed by atoms with Gasteiger partial charge in [0.2, 0.25) is 0 Å². The van der Waals surface area contributed by atoms with Gasteiger partial charge < -0.3 is 4.42 Å². The molecule has 8 aromatic carbocycles. The zero-order chi connectivity index (χ0) is 29.2. The largest absolute Gasteiger partial charge is 0.456 e. The number of hydrogen-bond donors (Lipinski definition) is 0. The lowest BCUT2D eigenvalue weighted by molar-refractivity contribution is 0.620. The van der Waals surface area contributed by atoms with E-state index in [1.807, 2.05) is 0 Å². The van der Waals surface area contributed by atoms with Crippen LogP contribution in [-0.2, 0) is 5.41 Å². The van der Waals surface area contributed by atoms with Crippen LogP contribution in [-0.4, -0.2) is 0 Å². The summed E-state index contributed by atoms with van der Waals surface area (Å²) < 4.78 is 6.81. The Kier molecular flexibility index (Phi) is 4.58. The van der Waals surface area contributed by atoms with E-state index in [4.69, 9.17) is 4.42 Å². The first-order valence-corrected chi connectivity index (χ1v) is 15.4. The second kappa shape index (κ2) is 8.36. The van der Waals surface area contributed by atoms with E-state index in [1.165, 1.54) is 87.6 Å². The van der Waals surface area contributed by atoms with Crippen molar-refractivity contribution < 1.29 is 4.42 Å². The third kappa shape index (κ3) is 3.04. The van der Waals surface area contributed by atoms with Crippen molar-refractivity contribution >= 4 is 54.3 Å². The molecule has 0 fully saturated rings. The minimum absolute atomic E-state index is 0.118. The molecule has 1 aliphatic carbocycles. The standard InChI is InChI=1S/C43H28O/c1-43(2)37-11-7-6-10-31(37)35-22-23-36-32-19-16-28(24-38(32)44-42(36)41(35)43)30-18-13-27-14-20-33-29(25-8-4-3-5-9-25)17-12-26-15-21-34(30)40(27)39(26)33/h3-24H,1-2H3. The molecule has 0 spiro atoms. The van der Waals surface area contributed by atoms with Crippen molar-refractivity contribution in [1.29, 1.82) is 0 Å². The summed E-state index contributed by atoms with van der Waals surface area (Å²) in [7, 11) is 0. The molecule has 0 radical (unpaired) electrons. The SMILES string of the molecule is CC1(C)c2ccccc2-c2ccc3c(oc4cc(-c5ccc6ccc7c(-c8ccccc8)ccc8ccc5c6c87)ccc43)c21. The minimum Gasteiger partial charge on any atom is -0.456 e. The minimum atomic E-state index is -0.118. The van der Waals surface area contributed by atoms with E-state index in [0.717, 1.165) is 11.2 Å². The van der Waals surface area contributed by atoms with Crippen LogP contribution in [0.3, 0.4) is 0 Å². The lowest BCUT2D eigenvalue weighted by Gasteiger charge is -2.21. The van der Waals surface area contributed by atoms with E-state index >= 15 is 0 Å². The molecule has 0 N–H and O–H groups in total. The molecule has 0 saturated carbocycles. The number of fused-ring (bicyclic) bond motifs is 7. The molecule has 44 heavy (non-hydrogen) atoms. The maximum Gasteiger partial charge on any atom is 0.140 e. The molecule has 206 valence electrons. The van der Waals surface area contributed by atoms with E-state index in [9.17, 15) is 0 Å². The molecule has 9 aromatic rings. The van der Waals surface area contributed by atoms with Crippen molar-refractivity contribution in [3.8, 4) is 33.4 Å². The second-order valence-electron chi connectivity index (χ2n) is 12.9.